The highest BCUT2D eigenvalue weighted by Gasteiger charge is 1.91. The van der Waals surface area contributed by atoms with Gasteiger partial charge in [-0.2, -0.15) is 0 Å². The fraction of sp³-hybridized carbons (Fsp3) is 0.0667. The molecule has 0 aliphatic rings. The van der Waals surface area contributed by atoms with Crippen molar-refractivity contribution in [3.8, 4) is 5.75 Å². The van der Waals surface area contributed by atoms with E-state index < -0.39 is 0 Å². The second-order valence-electron chi connectivity index (χ2n) is 3.66. The minimum absolute atomic E-state index is 0.879. The monoisotopic (exact) mass is 288 g/mol. The summed E-state index contributed by atoms with van der Waals surface area (Å²) >= 11 is 3.46. The molecule has 17 heavy (non-hydrogen) atoms. The molecule has 0 unspecified atom stereocenters. The van der Waals surface area contributed by atoms with Gasteiger partial charge in [0, 0.05) is 4.47 Å². The Morgan fingerprint density at radius 2 is 1.65 bits per heavy atom. The van der Waals surface area contributed by atoms with Crippen LogP contribution < -0.4 is 4.74 Å². The van der Waals surface area contributed by atoms with Crippen molar-refractivity contribution >= 4 is 28.1 Å². The minimum atomic E-state index is 0.879. The van der Waals surface area contributed by atoms with Crippen LogP contribution in [0.4, 0.5) is 0 Å². The Kier molecular flexibility index (Phi) is 3.99. The predicted molar refractivity (Wildman–Crippen MR) is 76.1 cm³/mol. The smallest absolute Gasteiger partial charge is 0.118 e. The molecule has 2 rings (SSSR count). The van der Waals surface area contributed by atoms with E-state index >= 15 is 0 Å². The van der Waals surface area contributed by atoms with E-state index in [0.29, 0.717) is 0 Å². The molecule has 0 heterocycles. The van der Waals surface area contributed by atoms with Crippen molar-refractivity contribution in [2.45, 2.75) is 0 Å². The summed E-state index contributed by atoms with van der Waals surface area (Å²) in [4.78, 5) is 0. The van der Waals surface area contributed by atoms with E-state index in [1.807, 2.05) is 36.4 Å². The Hall–Kier alpha value is -1.54. The highest BCUT2D eigenvalue weighted by molar-refractivity contribution is 9.10. The zero-order valence-electron chi connectivity index (χ0n) is 9.56. The number of hydrogen-bond donors (Lipinski definition) is 0. The van der Waals surface area contributed by atoms with Crippen molar-refractivity contribution < 1.29 is 4.74 Å². The van der Waals surface area contributed by atoms with Crippen LogP contribution in [0.15, 0.2) is 53.0 Å². The van der Waals surface area contributed by atoms with E-state index in [2.05, 4.69) is 40.2 Å². The first-order valence-electron chi connectivity index (χ1n) is 5.35. The number of methoxy groups -OCH3 is 1. The first kappa shape index (κ1) is 11.9. The minimum Gasteiger partial charge on any atom is -0.497 e. The van der Waals surface area contributed by atoms with Gasteiger partial charge in [0.05, 0.1) is 7.11 Å². The fourth-order valence-corrected chi connectivity index (χ4v) is 1.93. The van der Waals surface area contributed by atoms with Gasteiger partial charge < -0.3 is 4.74 Å². The Balaban J connectivity index is 2.14. The molecule has 0 N–H and O–H groups in total. The number of hydrogen-bond acceptors (Lipinski definition) is 1. The van der Waals surface area contributed by atoms with Gasteiger partial charge in [-0.3, -0.25) is 0 Å². The van der Waals surface area contributed by atoms with Crippen LogP contribution in [0, 0.1) is 0 Å². The molecule has 0 fully saturated rings. The third-order valence-corrected chi connectivity index (χ3v) is 2.93. The Labute approximate surface area is 110 Å². The van der Waals surface area contributed by atoms with Crippen molar-refractivity contribution in [1.29, 1.82) is 0 Å². The fourth-order valence-electron chi connectivity index (χ4n) is 1.52. The Morgan fingerprint density at radius 3 is 2.29 bits per heavy atom. The lowest BCUT2D eigenvalue weighted by molar-refractivity contribution is 0.415. The summed E-state index contributed by atoms with van der Waals surface area (Å²) in [5.74, 6) is 0.879. The molecule has 0 saturated carbocycles. The van der Waals surface area contributed by atoms with Crippen LogP contribution in [-0.4, -0.2) is 7.11 Å². The molecule has 0 radical (unpaired) electrons. The zero-order chi connectivity index (χ0) is 12.1. The molecule has 0 bridgehead atoms. The van der Waals surface area contributed by atoms with E-state index in [-0.39, 0.29) is 0 Å². The maximum Gasteiger partial charge on any atom is 0.118 e. The normalized spacial score (nSPS) is 10.7. The number of benzene rings is 2. The largest absolute Gasteiger partial charge is 0.497 e. The van der Waals surface area contributed by atoms with Gasteiger partial charge in [0.15, 0.2) is 0 Å². The first-order valence-corrected chi connectivity index (χ1v) is 6.15. The van der Waals surface area contributed by atoms with Crippen molar-refractivity contribution in [3.63, 3.8) is 0 Å². The van der Waals surface area contributed by atoms with Crippen LogP contribution >= 0.6 is 15.9 Å². The van der Waals surface area contributed by atoms with Gasteiger partial charge in [0.25, 0.3) is 0 Å². The molecule has 0 amide bonds. The standard InChI is InChI=1S/C15H13BrO/c1-17-15-9-7-12(8-10-15)5-6-13-3-2-4-14(16)11-13/h2-11H,1H3. The summed E-state index contributed by atoms with van der Waals surface area (Å²) in [6.07, 6.45) is 4.17. The molecule has 0 spiro atoms. The zero-order valence-corrected chi connectivity index (χ0v) is 11.1. The predicted octanol–water partition coefficient (Wildman–Crippen LogP) is 4.63. The average Bonchev–Trinajstić information content (AvgIpc) is 2.37. The summed E-state index contributed by atoms with van der Waals surface area (Å²) in [7, 11) is 1.67. The maximum atomic E-state index is 5.12. The van der Waals surface area contributed by atoms with E-state index in [0.717, 1.165) is 15.8 Å². The van der Waals surface area contributed by atoms with Crippen molar-refractivity contribution in [2.24, 2.45) is 0 Å². The van der Waals surface area contributed by atoms with E-state index in [9.17, 15) is 0 Å². The van der Waals surface area contributed by atoms with Crippen LogP contribution in [0.5, 0.6) is 5.75 Å². The molecule has 0 aromatic heterocycles. The lowest BCUT2D eigenvalue weighted by Gasteiger charge is -1.99. The van der Waals surface area contributed by atoms with Gasteiger partial charge in [-0.25, -0.2) is 0 Å². The van der Waals surface area contributed by atoms with Crippen molar-refractivity contribution in [3.05, 3.63) is 64.1 Å². The number of ether oxygens (including phenoxy) is 1. The van der Waals surface area contributed by atoms with Gasteiger partial charge >= 0.3 is 0 Å². The summed E-state index contributed by atoms with van der Waals surface area (Å²) in [6.45, 7) is 0. The highest BCUT2D eigenvalue weighted by Crippen LogP contribution is 2.16. The number of halogens is 1. The molecular weight excluding hydrogens is 276 g/mol. The molecule has 86 valence electrons. The highest BCUT2D eigenvalue weighted by atomic mass is 79.9. The Bertz CT molecular complexity index is 515. The van der Waals surface area contributed by atoms with E-state index in [1.54, 1.807) is 7.11 Å². The third kappa shape index (κ3) is 3.46. The second-order valence-corrected chi connectivity index (χ2v) is 4.58. The van der Waals surface area contributed by atoms with Crippen LogP contribution in [0.1, 0.15) is 11.1 Å². The molecule has 0 saturated heterocycles. The topological polar surface area (TPSA) is 9.23 Å². The van der Waals surface area contributed by atoms with Crippen molar-refractivity contribution in [1.82, 2.24) is 0 Å². The average molecular weight is 289 g/mol. The lowest BCUT2D eigenvalue weighted by Crippen LogP contribution is -1.81. The number of rotatable bonds is 3. The Morgan fingerprint density at radius 1 is 0.941 bits per heavy atom. The second kappa shape index (κ2) is 5.69. The molecule has 2 heteroatoms. The molecule has 0 aliphatic heterocycles. The maximum absolute atomic E-state index is 5.12. The van der Waals surface area contributed by atoms with Crippen LogP contribution in [0.2, 0.25) is 0 Å². The molecule has 0 aliphatic carbocycles. The molecule has 1 nitrogen and oxygen atoms in total. The summed E-state index contributed by atoms with van der Waals surface area (Å²) in [5.41, 5.74) is 2.33. The summed E-state index contributed by atoms with van der Waals surface area (Å²) < 4.78 is 6.21. The van der Waals surface area contributed by atoms with Gasteiger partial charge in [-0.05, 0) is 35.4 Å². The van der Waals surface area contributed by atoms with Gasteiger partial charge in [-0.15, -0.1) is 0 Å². The first-order chi connectivity index (χ1) is 8.28. The molecule has 2 aromatic carbocycles. The lowest BCUT2D eigenvalue weighted by atomic mass is 10.1. The summed E-state index contributed by atoms with van der Waals surface area (Å²) in [6, 6.07) is 16.2. The van der Waals surface area contributed by atoms with Crippen molar-refractivity contribution in [2.75, 3.05) is 7.11 Å². The van der Waals surface area contributed by atoms with Crippen LogP contribution in [0.3, 0.4) is 0 Å². The molecule has 2 aromatic rings. The van der Waals surface area contributed by atoms with E-state index in [1.165, 1.54) is 5.56 Å². The van der Waals surface area contributed by atoms with Gasteiger partial charge in [-0.1, -0.05) is 52.3 Å². The van der Waals surface area contributed by atoms with E-state index in [4.69, 9.17) is 4.74 Å². The SMILES string of the molecule is COc1ccc(C=Cc2cccc(Br)c2)cc1. The van der Waals surface area contributed by atoms with Gasteiger partial charge in [0.1, 0.15) is 5.75 Å². The quantitative estimate of drug-likeness (QED) is 0.749. The van der Waals surface area contributed by atoms with Crippen LogP contribution in [0.25, 0.3) is 12.2 Å². The molecular formula is C15H13BrO. The van der Waals surface area contributed by atoms with Crippen LogP contribution in [-0.2, 0) is 0 Å². The third-order valence-electron chi connectivity index (χ3n) is 2.43. The molecule has 0 atom stereocenters. The van der Waals surface area contributed by atoms with Gasteiger partial charge in [0.2, 0.25) is 0 Å². The summed E-state index contributed by atoms with van der Waals surface area (Å²) in [5, 5.41) is 0.